The summed E-state index contributed by atoms with van der Waals surface area (Å²) in [6, 6.07) is 8.07. The summed E-state index contributed by atoms with van der Waals surface area (Å²) >= 11 is 1.49. The molecule has 2 aliphatic heterocycles. The van der Waals surface area contributed by atoms with Gasteiger partial charge in [-0.3, -0.25) is 9.69 Å². The van der Waals surface area contributed by atoms with Crippen LogP contribution in [0.15, 0.2) is 29.1 Å². The molecule has 1 saturated heterocycles. The number of rotatable bonds is 3. The Hall–Kier alpha value is -2.45. The molecule has 0 saturated carbocycles. The third-order valence-corrected chi connectivity index (χ3v) is 5.96. The van der Waals surface area contributed by atoms with Crippen molar-refractivity contribution in [3.63, 3.8) is 0 Å². The Kier molecular flexibility index (Phi) is 4.09. The summed E-state index contributed by atoms with van der Waals surface area (Å²) in [5.41, 5.74) is 1.85. The van der Waals surface area contributed by atoms with Crippen LogP contribution in [0.3, 0.4) is 0 Å². The fourth-order valence-electron chi connectivity index (χ4n) is 3.86. The van der Waals surface area contributed by atoms with E-state index < -0.39 is 0 Å². The molecule has 2 aromatic heterocycles. The molecule has 0 spiro atoms. The maximum atomic E-state index is 12.1. The topological polar surface area (TPSA) is 69.0 Å². The van der Waals surface area contributed by atoms with Crippen LogP contribution in [0.2, 0.25) is 0 Å². The lowest BCUT2D eigenvalue weighted by molar-refractivity contribution is 0.170. The minimum atomic E-state index is -0.121. The molecule has 0 bridgehead atoms. The van der Waals surface area contributed by atoms with E-state index in [9.17, 15) is 4.79 Å². The van der Waals surface area contributed by atoms with Gasteiger partial charge in [0.15, 0.2) is 11.5 Å². The molecule has 8 heteroatoms. The first kappa shape index (κ1) is 16.7. The van der Waals surface area contributed by atoms with Crippen LogP contribution in [-0.4, -0.2) is 39.3 Å². The fraction of sp³-hybridized carbons (Fsp3) is 0.421. The summed E-state index contributed by atoms with van der Waals surface area (Å²) in [6.07, 6.45) is 2.24. The highest BCUT2D eigenvalue weighted by Crippen LogP contribution is 2.38. The van der Waals surface area contributed by atoms with E-state index in [4.69, 9.17) is 9.47 Å². The lowest BCUT2D eigenvalue weighted by Crippen LogP contribution is -2.23. The monoisotopic (exact) mass is 384 g/mol. The molecule has 4 heterocycles. The second kappa shape index (κ2) is 6.61. The van der Waals surface area contributed by atoms with Crippen molar-refractivity contribution >= 4 is 16.3 Å². The van der Waals surface area contributed by atoms with Gasteiger partial charge in [-0.1, -0.05) is 17.4 Å². The summed E-state index contributed by atoms with van der Waals surface area (Å²) < 4.78 is 12.8. The van der Waals surface area contributed by atoms with Crippen LogP contribution < -0.4 is 15.0 Å². The van der Waals surface area contributed by atoms with Gasteiger partial charge in [0.05, 0.1) is 6.54 Å². The summed E-state index contributed by atoms with van der Waals surface area (Å²) in [7, 11) is 0. The van der Waals surface area contributed by atoms with Gasteiger partial charge in [-0.05, 0) is 44.0 Å². The zero-order valence-corrected chi connectivity index (χ0v) is 15.9. The van der Waals surface area contributed by atoms with Crippen molar-refractivity contribution in [2.45, 2.75) is 32.4 Å². The number of ether oxygens (including phenoxy) is 2. The van der Waals surface area contributed by atoms with E-state index >= 15 is 0 Å². The van der Waals surface area contributed by atoms with E-state index in [1.807, 2.05) is 13.0 Å². The standard InChI is InChI=1S/C19H20N4O3S/c1-12-9-18(24)23-19(20-12)27-17(21-23)11-22-6-2-3-14(22)13-4-5-15-16(10-13)26-8-7-25-15/h4-5,9-10,14H,2-3,6-8,11H2,1H3/t14-/m1/s1. The molecule has 1 atom stereocenters. The summed E-state index contributed by atoms with van der Waals surface area (Å²) in [6.45, 7) is 4.76. The molecule has 0 amide bonds. The second-order valence-electron chi connectivity index (χ2n) is 6.96. The van der Waals surface area contributed by atoms with Crippen LogP contribution >= 0.6 is 11.3 Å². The molecule has 7 nitrogen and oxygen atoms in total. The van der Waals surface area contributed by atoms with Gasteiger partial charge in [0, 0.05) is 17.8 Å². The first-order chi connectivity index (χ1) is 13.2. The van der Waals surface area contributed by atoms with Crippen LogP contribution in [0.25, 0.3) is 4.96 Å². The Morgan fingerprint density at radius 2 is 2.07 bits per heavy atom. The van der Waals surface area contributed by atoms with Crippen molar-refractivity contribution in [2.75, 3.05) is 19.8 Å². The van der Waals surface area contributed by atoms with Crippen molar-refractivity contribution in [1.29, 1.82) is 0 Å². The molecule has 27 heavy (non-hydrogen) atoms. The number of likely N-dealkylation sites (tertiary alicyclic amines) is 1. The SMILES string of the molecule is Cc1cc(=O)n2nc(CN3CCC[C@@H]3c3ccc4c(c3)OCCO4)sc2n1. The van der Waals surface area contributed by atoms with Gasteiger partial charge in [-0.15, -0.1) is 0 Å². The molecule has 0 aliphatic carbocycles. The van der Waals surface area contributed by atoms with Crippen LogP contribution in [0.5, 0.6) is 11.5 Å². The van der Waals surface area contributed by atoms with Crippen molar-refractivity contribution in [3.8, 4) is 11.5 Å². The molecule has 1 aromatic carbocycles. The Balaban J connectivity index is 1.42. The zero-order chi connectivity index (χ0) is 18.4. The molecule has 5 rings (SSSR count). The number of benzene rings is 1. The molecule has 0 radical (unpaired) electrons. The lowest BCUT2D eigenvalue weighted by atomic mass is 10.0. The highest BCUT2D eigenvalue weighted by molar-refractivity contribution is 7.16. The summed E-state index contributed by atoms with van der Waals surface area (Å²) in [4.78, 5) is 19.6. The van der Waals surface area contributed by atoms with Gasteiger partial charge >= 0.3 is 0 Å². The maximum Gasteiger partial charge on any atom is 0.275 e. The predicted molar refractivity (Wildman–Crippen MR) is 102 cm³/mol. The predicted octanol–water partition coefficient (Wildman–Crippen LogP) is 2.57. The quantitative estimate of drug-likeness (QED) is 0.691. The number of hydrogen-bond acceptors (Lipinski definition) is 7. The van der Waals surface area contributed by atoms with Crippen LogP contribution in [-0.2, 0) is 6.54 Å². The third-order valence-electron chi connectivity index (χ3n) is 5.07. The van der Waals surface area contributed by atoms with Gasteiger partial charge < -0.3 is 9.47 Å². The van der Waals surface area contributed by atoms with Gasteiger partial charge in [-0.2, -0.15) is 9.61 Å². The molecule has 3 aromatic rings. The minimum absolute atomic E-state index is 0.121. The molecular weight excluding hydrogens is 364 g/mol. The molecule has 1 fully saturated rings. The van der Waals surface area contributed by atoms with Crippen molar-refractivity contribution in [2.24, 2.45) is 0 Å². The van der Waals surface area contributed by atoms with E-state index in [0.29, 0.717) is 30.8 Å². The number of nitrogens with zero attached hydrogens (tertiary/aromatic N) is 4. The number of aryl methyl sites for hydroxylation is 1. The van der Waals surface area contributed by atoms with Gasteiger partial charge in [0.25, 0.3) is 5.56 Å². The van der Waals surface area contributed by atoms with Gasteiger partial charge in [0.2, 0.25) is 4.96 Å². The zero-order valence-electron chi connectivity index (χ0n) is 15.1. The van der Waals surface area contributed by atoms with Crippen molar-refractivity contribution < 1.29 is 9.47 Å². The Labute approximate surface area is 160 Å². The van der Waals surface area contributed by atoms with Crippen LogP contribution in [0.4, 0.5) is 0 Å². The smallest absolute Gasteiger partial charge is 0.275 e. The fourth-order valence-corrected chi connectivity index (χ4v) is 4.83. The van der Waals surface area contributed by atoms with E-state index in [-0.39, 0.29) is 5.56 Å². The lowest BCUT2D eigenvalue weighted by Gasteiger charge is -2.25. The molecule has 0 unspecified atom stereocenters. The third kappa shape index (κ3) is 3.08. The van der Waals surface area contributed by atoms with E-state index in [2.05, 4.69) is 27.1 Å². The highest BCUT2D eigenvalue weighted by Gasteiger charge is 2.28. The number of hydrogen-bond donors (Lipinski definition) is 0. The Bertz CT molecular complexity index is 1060. The van der Waals surface area contributed by atoms with E-state index in [1.165, 1.54) is 27.5 Å². The highest BCUT2D eigenvalue weighted by atomic mass is 32.1. The van der Waals surface area contributed by atoms with E-state index in [0.717, 1.165) is 41.6 Å². The summed E-state index contributed by atoms with van der Waals surface area (Å²) in [5, 5.41) is 5.40. The molecule has 0 N–H and O–H groups in total. The average molecular weight is 384 g/mol. The molecule has 2 aliphatic rings. The van der Waals surface area contributed by atoms with Gasteiger partial charge in [0.1, 0.15) is 18.2 Å². The second-order valence-corrected chi connectivity index (χ2v) is 8.00. The normalized spacial score (nSPS) is 19.7. The van der Waals surface area contributed by atoms with Crippen LogP contribution in [0.1, 0.15) is 35.1 Å². The van der Waals surface area contributed by atoms with E-state index in [1.54, 1.807) is 0 Å². The molecule has 140 valence electrons. The Morgan fingerprint density at radius 1 is 1.22 bits per heavy atom. The largest absolute Gasteiger partial charge is 0.486 e. The number of fused-ring (bicyclic) bond motifs is 2. The number of aromatic nitrogens is 3. The van der Waals surface area contributed by atoms with Gasteiger partial charge in [-0.25, -0.2) is 4.98 Å². The van der Waals surface area contributed by atoms with Crippen LogP contribution in [0, 0.1) is 6.92 Å². The Morgan fingerprint density at radius 3 is 2.96 bits per heavy atom. The maximum absolute atomic E-state index is 12.1. The first-order valence-electron chi connectivity index (χ1n) is 9.17. The summed E-state index contributed by atoms with van der Waals surface area (Å²) in [5.74, 6) is 1.65. The average Bonchev–Trinajstić information content (AvgIpc) is 3.28. The minimum Gasteiger partial charge on any atom is -0.486 e. The molecular formula is C19H20N4O3S. The van der Waals surface area contributed by atoms with Crippen molar-refractivity contribution in [1.82, 2.24) is 19.5 Å². The first-order valence-corrected chi connectivity index (χ1v) is 9.99. The van der Waals surface area contributed by atoms with Crippen molar-refractivity contribution in [3.05, 3.63) is 50.9 Å².